The van der Waals surface area contributed by atoms with Crippen molar-refractivity contribution in [3.8, 4) is 17.0 Å². The van der Waals surface area contributed by atoms with Gasteiger partial charge in [-0.15, -0.1) is 11.3 Å². The second-order valence-electron chi connectivity index (χ2n) is 3.77. The van der Waals surface area contributed by atoms with Crippen LogP contribution in [-0.4, -0.2) is 22.7 Å². The van der Waals surface area contributed by atoms with E-state index in [2.05, 4.69) is 4.98 Å². The van der Waals surface area contributed by atoms with Crippen molar-refractivity contribution in [1.29, 1.82) is 0 Å². The number of hydrogen-bond donors (Lipinski definition) is 1. The fourth-order valence-electron chi connectivity index (χ4n) is 1.47. The van der Waals surface area contributed by atoms with Crippen molar-refractivity contribution < 1.29 is 14.6 Å². The van der Waals surface area contributed by atoms with Gasteiger partial charge in [0.25, 0.3) is 0 Å². The molecule has 1 aromatic carbocycles. The van der Waals surface area contributed by atoms with Crippen molar-refractivity contribution >= 4 is 17.3 Å². The largest absolute Gasteiger partial charge is 0.493 e. The second kappa shape index (κ2) is 5.64. The molecule has 2 rings (SSSR count). The molecule has 0 aliphatic heterocycles. The molecule has 1 heterocycles. The quantitative estimate of drug-likeness (QED) is 0.901. The minimum Gasteiger partial charge on any atom is -0.493 e. The lowest BCUT2D eigenvalue weighted by Gasteiger charge is -2.04. The van der Waals surface area contributed by atoms with E-state index in [0.717, 1.165) is 16.3 Å². The molecule has 0 radical (unpaired) electrons. The molecule has 0 saturated carbocycles. The number of carbonyl (C=O) groups is 1. The third-order valence-electron chi connectivity index (χ3n) is 2.35. The Morgan fingerprint density at radius 2 is 2.11 bits per heavy atom. The Hall–Kier alpha value is -1.88. The summed E-state index contributed by atoms with van der Waals surface area (Å²) in [6.07, 6.45) is 0.00698. The molecule has 4 nitrogen and oxygen atoms in total. The number of rotatable bonds is 5. The first-order chi connectivity index (χ1) is 8.65. The standard InChI is InChI=1S/C13H13NO3S/c1-9-14-12(8-18-9)10-2-4-11(5-3-10)17-7-6-13(15)16/h2-5,8H,6-7H2,1H3,(H,15,16). The number of carboxylic acid groups (broad SMARTS) is 1. The molecule has 0 atom stereocenters. The average molecular weight is 263 g/mol. The molecule has 0 saturated heterocycles. The first-order valence-electron chi connectivity index (χ1n) is 5.52. The topological polar surface area (TPSA) is 59.4 Å². The number of aliphatic carboxylic acids is 1. The molecular weight excluding hydrogens is 250 g/mol. The molecule has 18 heavy (non-hydrogen) atoms. The van der Waals surface area contributed by atoms with Gasteiger partial charge in [0.15, 0.2) is 0 Å². The van der Waals surface area contributed by atoms with E-state index in [1.807, 2.05) is 36.6 Å². The summed E-state index contributed by atoms with van der Waals surface area (Å²) in [7, 11) is 0. The van der Waals surface area contributed by atoms with Crippen LogP contribution in [0.4, 0.5) is 0 Å². The Bertz CT molecular complexity index is 533. The zero-order valence-electron chi connectivity index (χ0n) is 9.92. The van der Waals surface area contributed by atoms with E-state index in [1.165, 1.54) is 0 Å². The Balaban J connectivity index is 1.99. The van der Waals surface area contributed by atoms with Crippen molar-refractivity contribution in [3.05, 3.63) is 34.7 Å². The average Bonchev–Trinajstić information content (AvgIpc) is 2.76. The number of aryl methyl sites for hydroxylation is 1. The van der Waals surface area contributed by atoms with Crippen LogP contribution in [0.2, 0.25) is 0 Å². The number of benzene rings is 1. The number of aromatic nitrogens is 1. The maximum Gasteiger partial charge on any atom is 0.306 e. The summed E-state index contributed by atoms with van der Waals surface area (Å²) in [5.41, 5.74) is 1.99. The highest BCUT2D eigenvalue weighted by molar-refractivity contribution is 7.09. The van der Waals surface area contributed by atoms with Gasteiger partial charge in [0.2, 0.25) is 0 Å². The SMILES string of the molecule is Cc1nc(-c2ccc(OCCC(=O)O)cc2)cs1. The van der Waals surface area contributed by atoms with Crippen LogP contribution in [0.3, 0.4) is 0 Å². The van der Waals surface area contributed by atoms with Crippen LogP contribution in [0.15, 0.2) is 29.6 Å². The summed E-state index contributed by atoms with van der Waals surface area (Å²) in [6.45, 7) is 2.15. The van der Waals surface area contributed by atoms with Gasteiger partial charge >= 0.3 is 5.97 Å². The van der Waals surface area contributed by atoms with E-state index >= 15 is 0 Å². The molecule has 0 amide bonds. The minimum atomic E-state index is -0.857. The Kier molecular flexibility index (Phi) is 3.94. The summed E-state index contributed by atoms with van der Waals surface area (Å²) in [5.74, 6) is -0.184. The van der Waals surface area contributed by atoms with Gasteiger partial charge in [0, 0.05) is 10.9 Å². The van der Waals surface area contributed by atoms with E-state index < -0.39 is 5.97 Å². The van der Waals surface area contributed by atoms with Crippen LogP contribution >= 0.6 is 11.3 Å². The number of thiazole rings is 1. The van der Waals surface area contributed by atoms with Crippen molar-refractivity contribution in [2.24, 2.45) is 0 Å². The molecule has 1 aromatic heterocycles. The Morgan fingerprint density at radius 3 is 2.67 bits per heavy atom. The third kappa shape index (κ3) is 3.30. The minimum absolute atomic E-state index is 0.00698. The molecule has 0 aliphatic rings. The molecule has 0 spiro atoms. The first kappa shape index (κ1) is 12.6. The molecule has 1 N–H and O–H groups in total. The number of carboxylic acids is 1. The van der Waals surface area contributed by atoms with Crippen molar-refractivity contribution in [2.75, 3.05) is 6.61 Å². The van der Waals surface area contributed by atoms with Crippen LogP contribution in [0.25, 0.3) is 11.3 Å². The zero-order chi connectivity index (χ0) is 13.0. The molecule has 0 aliphatic carbocycles. The highest BCUT2D eigenvalue weighted by Gasteiger charge is 2.03. The maximum atomic E-state index is 10.3. The normalized spacial score (nSPS) is 10.3. The fraction of sp³-hybridized carbons (Fsp3) is 0.231. The third-order valence-corrected chi connectivity index (χ3v) is 3.13. The maximum absolute atomic E-state index is 10.3. The highest BCUT2D eigenvalue weighted by atomic mass is 32.1. The van der Waals surface area contributed by atoms with Crippen molar-refractivity contribution in [1.82, 2.24) is 4.98 Å². The van der Waals surface area contributed by atoms with E-state index in [9.17, 15) is 4.79 Å². The van der Waals surface area contributed by atoms with Crippen LogP contribution < -0.4 is 4.74 Å². The molecule has 2 aromatic rings. The van der Waals surface area contributed by atoms with E-state index in [-0.39, 0.29) is 13.0 Å². The summed E-state index contributed by atoms with van der Waals surface area (Å²) >= 11 is 1.61. The molecular formula is C13H13NO3S. The Labute approximate surface area is 109 Å². The van der Waals surface area contributed by atoms with Crippen molar-refractivity contribution in [3.63, 3.8) is 0 Å². The van der Waals surface area contributed by atoms with E-state index in [1.54, 1.807) is 11.3 Å². The van der Waals surface area contributed by atoms with Gasteiger partial charge in [-0.05, 0) is 31.2 Å². The monoisotopic (exact) mass is 263 g/mol. The highest BCUT2D eigenvalue weighted by Crippen LogP contribution is 2.23. The lowest BCUT2D eigenvalue weighted by atomic mass is 10.2. The van der Waals surface area contributed by atoms with E-state index in [4.69, 9.17) is 9.84 Å². The van der Waals surface area contributed by atoms with Crippen LogP contribution in [0, 0.1) is 6.92 Å². The van der Waals surface area contributed by atoms with Gasteiger partial charge in [-0.25, -0.2) is 4.98 Å². The number of nitrogens with zero attached hydrogens (tertiary/aromatic N) is 1. The van der Waals surface area contributed by atoms with Gasteiger partial charge in [-0.1, -0.05) is 0 Å². The van der Waals surface area contributed by atoms with Crippen LogP contribution in [-0.2, 0) is 4.79 Å². The molecule has 0 bridgehead atoms. The smallest absolute Gasteiger partial charge is 0.306 e. The lowest BCUT2D eigenvalue weighted by Crippen LogP contribution is -2.04. The second-order valence-corrected chi connectivity index (χ2v) is 4.83. The predicted octanol–water partition coefficient (Wildman–Crippen LogP) is 2.97. The lowest BCUT2D eigenvalue weighted by molar-refractivity contribution is -0.137. The summed E-state index contributed by atoms with van der Waals surface area (Å²) in [6, 6.07) is 7.49. The summed E-state index contributed by atoms with van der Waals surface area (Å²) in [5, 5.41) is 11.5. The van der Waals surface area contributed by atoms with Crippen LogP contribution in [0.5, 0.6) is 5.75 Å². The van der Waals surface area contributed by atoms with Gasteiger partial charge in [-0.3, -0.25) is 4.79 Å². The molecule has 0 unspecified atom stereocenters. The fourth-order valence-corrected chi connectivity index (χ4v) is 2.10. The van der Waals surface area contributed by atoms with Crippen molar-refractivity contribution in [2.45, 2.75) is 13.3 Å². The predicted molar refractivity (Wildman–Crippen MR) is 70.0 cm³/mol. The molecule has 0 fully saturated rings. The molecule has 5 heteroatoms. The van der Waals surface area contributed by atoms with E-state index in [0.29, 0.717) is 5.75 Å². The summed E-state index contributed by atoms with van der Waals surface area (Å²) in [4.78, 5) is 14.7. The first-order valence-corrected chi connectivity index (χ1v) is 6.40. The van der Waals surface area contributed by atoms with Gasteiger partial charge in [0.05, 0.1) is 23.7 Å². The Morgan fingerprint density at radius 1 is 1.39 bits per heavy atom. The zero-order valence-corrected chi connectivity index (χ0v) is 10.7. The molecule has 94 valence electrons. The van der Waals surface area contributed by atoms with Gasteiger partial charge in [-0.2, -0.15) is 0 Å². The van der Waals surface area contributed by atoms with Gasteiger partial charge in [0.1, 0.15) is 5.75 Å². The number of hydrogen-bond acceptors (Lipinski definition) is 4. The summed E-state index contributed by atoms with van der Waals surface area (Å²) < 4.78 is 5.31. The van der Waals surface area contributed by atoms with Gasteiger partial charge < -0.3 is 9.84 Å². The number of ether oxygens (including phenoxy) is 1. The van der Waals surface area contributed by atoms with Crippen LogP contribution in [0.1, 0.15) is 11.4 Å².